The van der Waals surface area contributed by atoms with E-state index < -0.39 is 15.8 Å². The Bertz CT molecular complexity index is 657. The van der Waals surface area contributed by atoms with E-state index in [0.717, 1.165) is 17.5 Å². The molecule has 0 aliphatic carbocycles. The van der Waals surface area contributed by atoms with Crippen molar-refractivity contribution in [2.24, 2.45) is 0 Å². The first kappa shape index (κ1) is 13.0. The molecule has 0 amide bonds. The lowest BCUT2D eigenvalue weighted by Crippen LogP contribution is -1.96. The maximum atomic E-state index is 12.8. The van der Waals surface area contributed by atoms with Crippen LogP contribution in [-0.2, 0) is 9.84 Å². The van der Waals surface area contributed by atoms with E-state index in [1.165, 1.54) is 30.0 Å². The summed E-state index contributed by atoms with van der Waals surface area (Å²) in [6, 6.07) is 7.54. The highest BCUT2D eigenvalue weighted by Crippen LogP contribution is 2.26. The van der Waals surface area contributed by atoms with Crippen LogP contribution in [-0.4, -0.2) is 24.6 Å². The monoisotopic (exact) mass is 284 g/mol. The summed E-state index contributed by atoms with van der Waals surface area (Å²) in [7, 11) is -3.19. The van der Waals surface area contributed by atoms with Crippen LogP contribution in [0.5, 0.6) is 0 Å². The van der Waals surface area contributed by atoms with Gasteiger partial charge in [-0.3, -0.25) is 0 Å². The average Bonchev–Trinajstić information content (AvgIpc) is 2.28. The average molecular weight is 284 g/mol. The Balaban J connectivity index is 2.21. The van der Waals surface area contributed by atoms with Crippen molar-refractivity contribution in [1.29, 1.82) is 0 Å². The topological polar surface area (TPSA) is 59.9 Å². The lowest BCUT2D eigenvalue weighted by Gasteiger charge is -2.02. The third-order valence-corrected chi connectivity index (χ3v) is 4.15. The quantitative estimate of drug-likeness (QED) is 0.808. The van der Waals surface area contributed by atoms with Crippen LogP contribution in [0.15, 0.2) is 51.5 Å². The third kappa shape index (κ3) is 3.27. The number of benzene rings is 1. The van der Waals surface area contributed by atoms with E-state index in [2.05, 4.69) is 9.97 Å². The molecular weight excluding hydrogens is 275 g/mol. The smallest absolute Gasteiger partial charge is 0.217 e. The fraction of sp³-hybridized carbons (Fsp3) is 0.0909. The number of hydrogen-bond acceptors (Lipinski definition) is 5. The zero-order valence-electron chi connectivity index (χ0n) is 9.37. The molecule has 0 saturated carbocycles. The molecule has 0 saturated heterocycles. The fourth-order valence-corrected chi connectivity index (χ4v) is 2.65. The molecule has 18 heavy (non-hydrogen) atoms. The summed E-state index contributed by atoms with van der Waals surface area (Å²) in [4.78, 5) is 8.29. The summed E-state index contributed by atoms with van der Waals surface area (Å²) in [6.45, 7) is 0. The minimum atomic E-state index is -3.19. The molecule has 2 aromatic rings. The van der Waals surface area contributed by atoms with E-state index in [0.29, 0.717) is 5.03 Å². The van der Waals surface area contributed by atoms with Crippen molar-refractivity contribution < 1.29 is 12.8 Å². The molecule has 0 unspecified atom stereocenters. The van der Waals surface area contributed by atoms with Gasteiger partial charge in [-0.25, -0.2) is 18.4 Å². The Morgan fingerprint density at radius 3 is 2.39 bits per heavy atom. The molecule has 2 rings (SSSR count). The summed E-state index contributed by atoms with van der Waals surface area (Å²) in [5, 5.41) is 0.467. The van der Waals surface area contributed by atoms with Crippen molar-refractivity contribution in [2.75, 3.05) is 6.26 Å². The van der Waals surface area contributed by atoms with Gasteiger partial charge >= 0.3 is 0 Å². The molecule has 1 aromatic carbocycles. The summed E-state index contributed by atoms with van der Waals surface area (Å²) in [5.41, 5.74) is 0. The van der Waals surface area contributed by atoms with Gasteiger partial charge in [0.15, 0.2) is 9.84 Å². The Morgan fingerprint density at radius 2 is 1.83 bits per heavy atom. The Kier molecular flexibility index (Phi) is 3.63. The summed E-state index contributed by atoms with van der Waals surface area (Å²) in [6.07, 6.45) is 2.29. The number of nitrogens with zero attached hydrogens (tertiary/aromatic N) is 2. The molecule has 0 spiro atoms. The summed E-state index contributed by atoms with van der Waals surface area (Å²) < 4.78 is 35.4. The van der Waals surface area contributed by atoms with Crippen molar-refractivity contribution in [3.05, 3.63) is 42.6 Å². The first-order chi connectivity index (χ1) is 8.45. The highest BCUT2D eigenvalue weighted by atomic mass is 32.2. The molecule has 0 aliphatic heterocycles. The zero-order valence-corrected chi connectivity index (χ0v) is 11.0. The standard InChI is InChI=1S/C11H9FN2O2S2/c1-18(15,16)9-4-2-8(3-5-9)17-11-6-10(12)13-7-14-11/h2-7H,1H3. The van der Waals surface area contributed by atoms with Crippen molar-refractivity contribution in [2.45, 2.75) is 14.8 Å². The molecule has 0 atom stereocenters. The van der Waals surface area contributed by atoms with Gasteiger partial charge in [-0.1, -0.05) is 11.8 Å². The molecule has 94 valence electrons. The molecule has 7 heteroatoms. The van der Waals surface area contributed by atoms with E-state index in [1.54, 1.807) is 12.1 Å². The number of hydrogen-bond donors (Lipinski definition) is 0. The Hall–Kier alpha value is -1.47. The van der Waals surface area contributed by atoms with Crippen LogP contribution in [0.2, 0.25) is 0 Å². The van der Waals surface area contributed by atoms with Gasteiger partial charge in [-0.05, 0) is 24.3 Å². The van der Waals surface area contributed by atoms with Crippen molar-refractivity contribution in [3.63, 3.8) is 0 Å². The SMILES string of the molecule is CS(=O)(=O)c1ccc(Sc2cc(F)ncn2)cc1. The number of aromatic nitrogens is 2. The van der Waals surface area contributed by atoms with E-state index in [4.69, 9.17) is 0 Å². The Labute approximate surface area is 108 Å². The highest BCUT2D eigenvalue weighted by molar-refractivity contribution is 7.99. The molecule has 0 N–H and O–H groups in total. The molecule has 0 bridgehead atoms. The van der Waals surface area contributed by atoms with Gasteiger partial charge < -0.3 is 0 Å². The Morgan fingerprint density at radius 1 is 1.17 bits per heavy atom. The lowest BCUT2D eigenvalue weighted by atomic mass is 10.4. The number of halogens is 1. The van der Waals surface area contributed by atoms with Crippen molar-refractivity contribution >= 4 is 21.6 Å². The van der Waals surface area contributed by atoms with Gasteiger partial charge in [0.1, 0.15) is 11.4 Å². The van der Waals surface area contributed by atoms with Gasteiger partial charge in [0.2, 0.25) is 5.95 Å². The highest BCUT2D eigenvalue weighted by Gasteiger charge is 2.07. The van der Waals surface area contributed by atoms with E-state index in [9.17, 15) is 12.8 Å². The van der Waals surface area contributed by atoms with Gasteiger partial charge in [0.05, 0.1) is 4.90 Å². The first-order valence-corrected chi connectivity index (χ1v) is 7.61. The number of sulfone groups is 1. The first-order valence-electron chi connectivity index (χ1n) is 4.91. The second-order valence-corrected chi connectivity index (χ2v) is 6.63. The van der Waals surface area contributed by atoms with Gasteiger partial charge in [-0.2, -0.15) is 4.39 Å². The summed E-state index contributed by atoms with van der Waals surface area (Å²) in [5.74, 6) is -0.597. The molecule has 1 aromatic heterocycles. The van der Waals surface area contributed by atoms with Crippen LogP contribution >= 0.6 is 11.8 Å². The molecule has 0 fully saturated rings. The second-order valence-electron chi connectivity index (χ2n) is 3.52. The van der Waals surface area contributed by atoms with Gasteiger partial charge in [0, 0.05) is 17.2 Å². The minimum absolute atomic E-state index is 0.251. The van der Waals surface area contributed by atoms with Crippen molar-refractivity contribution in [3.8, 4) is 0 Å². The molecule has 0 aliphatic rings. The largest absolute Gasteiger partial charge is 0.229 e. The second kappa shape index (κ2) is 5.03. The predicted octanol–water partition coefficient (Wildman–Crippen LogP) is 2.17. The number of rotatable bonds is 3. The maximum Gasteiger partial charge on any atom is 0.217 e. The lowest BCUT2D eigenvalue weighted by molar-refractivity contribution is 0.572. The van der Waals surface area contributed by atoms with Crippen molar-refractivity contribution in [1.82, 2.24) is 9.97 Å². The van der Waals surface area contributed by atoms with Crippen LogP contribution in [0, 0.1) is 5.95 Å². The molecule has 0 radical (unpaired) electrons. The van der Waals surface area contributed by atoms with Gasteiger partial charge in [-0.15, -0.1) is 0 Å². The molecule has 4 nitrogen and oxygen atoms in total. The molecular formula is C11H9FN2O2S2. The van der Waals surface area contributed by atoms with Crippen LogP contribution in [0.1, 0.15) is 0 Å². The van der Waals surface area contributed by atoms with Gasteiger partial charge in [0.25, 0.3) is 0 Å². The normalized spacial score (nSPS) is 11.4. The van der Waals surface area contributed by atoms with E-state index in [-0.39, 0.29) is 4.90 Å². The van der Waals surface area contributed by atoms with E-state index in [1.807, 2.05) is 0 Å². The predicted molar refractivity (Wildman–Crippen MR) is 65.7 cm³/mol. The van der Waals surface area contributed by atoms with Crippen LogP contribution in [0.3, 0.4) is 0 Å². The van der Waals surface area contributed by atoms with Crippen LogP contribution < -0.4 is 0 Å². The van der Waals surface area contributed by atoms with Crippen LogP contribution in [0.4, 0.5) is 4.39 Å². The summed E-state index contributed by atoms with van der Waals surface area (Å²) >= 11 is 1.24. The minimum Gasteiger partial charge on any atom is -0.229 e. The fourth-order valence-electron chi connectivity index (χ4n) is 1.25. The van der Waals surface area contributed by atoms with E-state index >= 15 is 0 Å². The van der Waals surface area contributed by atoms with Crippen LogP contribution in [0.25, 0.3) is 0 Å². The molecule has 1 heterocycles. The third-order valence-electron chi connectivity index (χ3n) is 2.08. The maximum absolute atomic E-state index is 12.8. The zero-order chi connectivity index (χ0) is 13.2.